The van der Waals surface area contributed by atoms with E-state index in [-0.39, 0.29) is 6.54 Å². The molecule has 28 heavy (non-hydrogen) atoms. The molecule has 6 heteroatoms. The van der Waals surface area contributed by atoms with Crippen molar-refractivity contribution in [1.29, 1.82) is 0 Å². The van der Waals surface area contributed by atoms with Gasteiger partial charge in [0.25, 0.3) is 0 Å². The van der Waals surface area contributed by atoms with E-state index in [1.807, 2.05) is 12.1 Å². The number of aliphatic carboxylic acids is 1. The molecule has 4 rings (SSSR count). The Labute approximate surface area is 162 Å². The third-order valence-electron chi connectivity index (χ3n) is 5.63. The van der Waals surface area contributed by atoms with Gasteiger partial charge in [-0.15, -0.1) is 0 Å². The molecule has 0 saturated heterocycles. The van der Waals surface area contributed by atoms with Crippen molar-refractivity contribution in [2.24, 2.45) is 0 Å². The van der Waals surface area contributed by atoms with Gasteiger partial charge in [-0.2, -0.15) is 0 Å². The van der Waals surface area contributed by atoms with Crippen molar-refractivity contribution in [3.05, 3.63) is 47.9 Å². The summed E-state index contributed by atoms with van der Waals surface area (Å²) in [5, 5.41) is 10.6. The Morgan fingerprint density at radius 1 is 1.21 bits per heavy atom. The summed E-state index contributed by atoms with van der Waals surface area (Å²) in [5.74, 6) is -1.01. The summed E-state index contributed by atoms with van der Waals surface area (Å²) in [6.45, 7) is -0.186. The van der Waals surface area contributed by atoms with Gasteiger partial charge in [-0.1, -0.05) is 25.3 Å². The molecular weight excluding hydrogens is 358 g/mol. The van der Waals surface area contributed by atoms with E-state index in [1.165, 1.54) is 26.4 Å². The number of carboxylic acids is 1. The minimum absolute atomic E-state index is 0.186. The lowest BCUT2D eigenvalue weighted by molar-refractivity contribution is -0.137. The molecule has 1 aromatic carbocycles. The summed E-state index contributed by atoms with van der Waals surface area (Å²) in [5.41, 5.74) is 4.04. The lowest BCUT2D eigenvalue weighted by Gasteiger charge is -2.23. The molecule has 1 fully saturated rings. The second-order valence-electron chi connectivity index (χ2n) is 7.31. The number of nitrogens with zero attached hydrogens (tertiary/aromatic N) is 1. The van der Waals surface area contributed by atoms with E-state index in [2.05, 4.69) is 0 Å². The van der Waals surface area contributed by atoms with Gasteiger partial charge >= 0.3 is 11.9 Å². The van der Waals surface area contributed by atoms with Crippen molar-refractivity contribution in [1.82, 2.24) is 4.57 Å². The number of rotatable bonds is 5. The van der Waals surface area contributed by atoms with E-state index >= 15 is 0 Å². The monoisotopic (exact) mass is 381 g/mol. The number of methoxy groups -OCH3 is 1. The minimum atomic E-state index is -0.930. The van der Waals surface area contributed by atoms with Crippen molar-refractivity contribution in [3.63, 3.8) is 0 Å². The number of fused-ring (bicyclic) bond motifs is 1. The van der Waals surface area contributed by atoms with Crippen LogP contribution in [0.4, 0.5) is 0 Å². The van der Waals surface area contributed by atoms with Gasteiger partial charge < -0.3 is 18.8 Å². The van der Waals surface area contributed by atoms with Crippen molar-refractivity contribution < 1.29 is 23.8 Å². The Kier molecular flexibility index (Phi) is 4.94. The molecule has 1 aliphatic rings. The Morgan fingerprint density at radius 2 is 2.00 bits per heavy atom. The maximum Gasteiger partial charge on any atom is 0.337 e. The third kappa shape index (κ3) is 3.19. The Morgan fingerprint density at radius 3 is 2.64 bits per heavy atom. The molecule has 0 atom stereocenters. The molecule has 146 valence electrons. The summed E-state index contributed by atoms with van der Waals surface area (Å²) in [6, 6.07) is 7.28. The lowest BCUT2D eigenvalue weighted by Crippen LogP contribution is -2.11. The van der Waals surface area contributed by atoms with Crippen LogP contribution in [-0.4, -0.2) is 28.7 Å². The van der Waals surface area contributed by atoms with Crippen LogP contribution in [0, 0.1) is 0 Å². The molecule has 1 saturated carbocycles. The number of carboxylic acid groups (broad SMARTS) is 1. The standard InChI is InChI=1S/C22H23NO5/c1-27-22(26)15-7-8-17-18(11-15)23(12-19(24)25)21(16-9-10-28-13-16)20(17)14-5-3-2-4-6-14/h7-11,13-14H,2-6,12H2,1H3,(H,24,25). The molecular formula is C22H23NO5. The van der Waals surface area contributed by atoms with E-state index in [4.69, 9.17) is 9.15 Å². The van der Waals surface area contributed by atoms with Gasteiger partial charge in [0.2, 0.25) is 0 Å². The predicted octanol–water partition coefficient (Wildman–Crippen LogP) is 4.82. The number of aromatic nitrogens is 1. The van der Waals surface area contributed by atoms with Crippen LogP contribution in [0.25, 0.3) is 22.2 Å². The normalized spacial score (nSPS) is 15.0. The molecule has 0 amide bonds. The van der Waals surface area contributed by atoms with Gasteiger partial charge in [-0.05, 0) is 42.5 Å². The number of furan rings is 1. The van der Waals surface area contributed by atoms with E-state index in [9.17, 15) is 14.7 Å². The maximum atomic E-state index is 12.0. The quantitative estimate of drug-likeness (QED) is 0.641. The number of carbonyl (C=O) groups excluding carboxylic acids is 1. The number of ether oxygens (including phenoxy) is 1. The van der Waals surface area contributed by atoms with Crippen LogP contribution >= 0.6 is 0 Å². The Hall–Kier alpha value is -3.02. The number of benzene rings is 1. The molecule has 3 aromatic rings. The summed E-state index contributed by atoms with van der Waals surface area (Å²) in [7, 11) is 1.34. The highest BCUT2D eigenvalue weighted by Gasteiger charge is 2.28. The van der Waals surface area contributed by atoms with Crippen LogP contribution in [0.15, 0.2) is 41.2 Å². The Balaban J connectivity index is 2.02. The second-order valence-corrected chi connectivity index (χ2v) is 7.31. The molecule has 1 aliphatic carbocycles. The van der Waals surface area contributed by atoms with E-state index in [0.717, 1.165) is 40.6 Å². The van der Waals surface area contributed by atoms with E-state index < -0.39 is 11.9 Å². The first-order chi connectivity index (χ1) is 13.6. The average molecular weight is 381 g/mol. The average Bonchev–Trinajstić information content (AvgIpc) is 3.34. The van der Waals surface area contributed by atoms with Gasteiger partial charge in [0.1, 0.15) is 6.54 Å². The highest BCUT2D eigenvalue weighted by atomic mass is 16.5. The first-order valence-electron chi connectivity index (χ1n) is 9.59. The first-order valence-corrected chi connectivity index (χ1v) is 9.59. The summed E-state index contributed by atoms with van der Waals surface area (Å²) >= 11 is 0. The molecule has 6 nitrogen and oxygen atoms in total. The molecule has 0 spiro atoms. The molecule has 0 bridgehead atoms. The third-order valence-corrected chi connectivity index (χ3v) is 5.63. The molecule has 2 aromatic heterocycles. The van der Waals surface area contributed by atoms with Gasteiger partial charge in [-0.3, -0.25) is 4.79 Å². The molecule has 0 aliphatic heterocycles. The number of carbonyl (C=O) groups is 2. The SMILES string of the molecule is COC(=O)c1ccc2c(C3CCCCC3)c(-c3ccoc3)n(CC(=O)O)c2c1. The van der Waals surface area contributed by atoms with Crippen molar-refractivity contribution in [2.45, 2.75) is 44.6 Å². The second kappa shape index (κ2) is 7.54. The minimum Gasteiger partial charge on any atom is -0.480 e. The zero-order valence-corrected chi connectivity index (χ0v) is 15.8. The maximum absolute atomic E-state index is 12.0. The number of hydrogen-bond donors (Lipinski definition) is 1. The fourth-order valence-corrected chi connectivity index (χ4v) is 4.44. The van der Waals surface area contributed by atoms with Crippen LogP contribution in [0.1, 0.15) is 53.9 Å². The van der Waals surface area contributed by atoms with Gasteiger partial charge in [0.15, 0.2) is 0 Å². The fourth-order valence-electron chi connectivity index (χ4n) is 4.44. The van der Waals surface area contributed by atoms with E-state index in [1.54, 1.807) is 29.2 Å². The van der Waals surface area contributed by atoms with Gasteiger partial charge in [0.05, 0.1) is 36.4 Å². The van der Waals surface area contributed by atoms with Crippen LogP contribution in [0.2, 0.25) is 0 Å². The summed E-state index contributed by atoms with van der Waals surface area (Å²) in [4.78, 5) is 23.7. The topological polar surface area (TPSA) is 81.7 Å². The Bertz CT molecular complexity index is 1010. The van der Waals surface area contributed by atoms with Crippen molar-refractivity contribution in [3.8, 4) is 11.3 Å². The largest absolute Gasteiger partial charge is 0.480 e. The smallest absolute Gasteiger partial charge is 0.337 e. The zero-order chi connectivity index (χ0) is 19.7. The number of esters is 1. The van der Waals surface area contributed by atoms with Crippen LogP contribution in [0.3, 0.4) is 0 Å². The van der Waals surface area contributed by atoms with Crippen molar-refractivity contribution >= 4 is 22.8 Å². The molecule has 0 radical (unpaired) electrons. The van der Waals surface area contributed by atoms with Gasteiger partial charge in [0, 0.05) is 10.9 Å². The van der Waals surface area contributed by atoms with Crippen LogP contribution < -0.4 is 0 Å². The van der Waals surface area contributed by atoms with Gasteiger partial charge in [-0.25, -0.2) is 4.79 Å². The van der Waals surface area contributed by atoms with Crippen molar-refractivity contribution in [2.75, 3.05) is 7.11 Å². The predicted molar refractivity (Wildman–Crippen MR) is 104 cm³/mol. The van der Waals surface area contributed by atoms with Crippen LogP contribution in [0.5, 0.6) is 0 Å². The summed E-state index contributed by atoms with van der Waals surface area (Å²) in [6.07, 6.45) is 8.98. The summed E-state index contributed by atoms with van der Waals surface area (Å²) < 4.78 is 12.0. The van der Waals surface area contributed by atoms with Crippen LogP contribution in [-0.2, 0) is 16.1 Å². The lowest BCUT2D eigenvalue weighted by atomic mass is 9.82. The molecule has 2 heterocycles. The molecule has 0 unspecified atom stereocenters. The van der Waals surface area contributed by atoms with E-state index in [0.29, 0.717) is 11.5 Å². The zero-order valence-electron chi connectivity index (χ0n) is 15.8. The highest BCUT2D eigenvalue weighted by Crippen LogP contribution is 2.44. The fraction of sp³-hybridized carbons (Fsp3) is 0.364. The highest BCUT2D eigenvalue weighted by molar-refractivity contribution is 5.99. The number of hydrogen-bond acceptors (Lipinski definition) is 4. The first kappa shape index (κ1) is 18.3. The molecule has 1 N–H and O–H groups in total.